The molecular weight excluding hydrogens is 398 g/mol. The normalized spacial score (nSPS) is 15.8. The van der Waals surface area contributed by atoms with Gasteiger partial charge in [-0.25, -0.2) is 4.79 Å². The van der Waals surface area contributed by atoms with Gasteiger partial charge in [0.1, 0.15) is 0 Å². The third kappa shape index (κ3) is 5.03. The first-order valence-corrected chi connectivity index (χ1v) is 11.3. The third-order valence-corrected chi connectivity index (χ3v) is 6.54. The quantitative estimate of drug-likeness (QED) is 0.692. The molecule has 162 valence electrons. The van der Waals surface area contributed by atoms with E-state index in [1.807, 2.05) is 0 Å². The molecule has 3 amide bonds. The van der Waals surface area contributed by atoms with Crippen LogP contribution >= 0.6 is 11.8 Å². The van der Waals surface area contributed by atoms with Gasteiger partial charge in [0.15, 0.2) is 11.0 Å². The summed E-state index contributed by atoms with van der Waals surface area (Å²) in [6.45, 7) is 8.36. The van der Waals surface area contributed by atoms with E-state index in [2.05, 4.69) is 70.4 Å². The second-order valence-electron chi connectivity index (χ2n) is 8.77. The number of aromatic nitrogens is 3. The van der Waals surface area contributed by atoms with Crippen LogP contribution in [0.15, 0.2) is 29.4 Å². The Bertz CT molecular complexity index is 895. The van der Waals surface area contributed by atoms with E-state index in [0.29, 0.717) is 6.04 Å². The summed E-state index contributed by atoms with van der Waals surface area (Å²) in [7, 11) is 1.48. The van der Waals surface area contributed by atoms with E-state index >= 15 is 0 Å². The molecule has 1 aliphatic carbocycles. The molecule has 1 aliphatic rings. The number of rotatable bonds is 5. The average molecular weight is 430 g/mol. The van der Waals surface area contributed by atoms with Gasteiger partial charge in [-0.05, 0) is 30.7 Å². The SMILES string of the molecule is CNC(=O)NC(=O)[C@H](C)Sc1nnc(-c2ccc(C(C)(C)C)cc2)n1C1CCCC1. The van der Waals surface area contributed by atoms with Gasteiger partial charge in [0.2, 0.25) is 5.91 Å². The zero-order valence-electron chi connectivity index (χ0n) is 18.4. The van der Waals surface area contributed by atoms with Crippen LogP contribution in [-0.4, -0.2) is 39.0 Å². The molecule has 3 rings (SSSR count). The largest absolute Gasteiger partial charge is 0.341 e. The summed E-state index contributed by atoms with van der Waals surface area (Å²) in [4.78, 5) is 23.8. The van der Waals surface area contributed by atoms with Crippen LogP contribution in [0.1, 0.15) is 65.0 Å². The number of carbonyl (C=O) groups is 2. The van der Waals surface area contributed by atoms with Crippen LogP contribution in [0.4, 0.5) is 4.79 Å². The van der Waals surface area contributed by atoms with Crippen LogP contribution in [0.25, 0.3) is 11.4 Å². The maximum Gasteiger partial charge on any atom is 0.321 e. The fourth-order valence-corrected chi connectivity index (χ4v) is 4.57. The summed E-state index contributed by atoms with van der Waals surface area (Å²) in [5.41, 5.74) is 2.38. The third-order valence-electron chi connectivity index (χ3n) is 5.48. The fraction of sp³-hybridized carbons (Fsp3) is 0.545. The van der Waals surface area contributed by atoms with E-state index in [0.717, 1.165) is 29.4 Å². The van der Waals surface area contributed by atoms with Crippen molar-refractivity contribution in [2.45, 2.75) is 75.2 Å². The van der Waals surface area contributed by atoms with E-state index in [4.69, 9.17) is 0 Å². The highest BCUT2D eigenvalue weighted by Crippen LogP contribution is 2.38. The van der Waals surface area contributed by atoms with Crippen LogP contribution in [0.3, 0.4) is 0 Å². The van der Waals surface area contributed by atoms with E-state index < -0.39 is 11.3 Å². The smallest absolute Gasteiger partial charge is 0.321 e. The van der Waals surface area contributed by atoms with Crippen molar-refractivity contribution in [2.24, 2.45) is 0 Å². The number of carbonyl (C=O) groups excluding carboxylic acids is 2. The Morgan fingerprint density at radius 2 is 1.77 bits per heavy atom. The number of thioether (sulfide) groups is 1. The maximum atomic E-state index is 12.3. The van der Waals surface area contributed by atoms with E-state index in [1.54, 1.807) is 6.92 Å². The van der Waals surface area contributed by atoms with Crippen molar-refractivity contribution in [3.63, 3.8) is 0 Å². The topological polar surface area (TPSA) is 88.9 Å². The number of hydrogen-bond donors (Lipinski definition) is 2. The zero-order chi connectivity index (χ0) is 21.9. The van der Waals surface area contributed by atoms with Gasteiger partial charge < -0.3 is 5.32 Å². The molecule has 8 heteroatoms. The van der Waals surface area contributed by atoms with Gasteiger partial charge in [-0.2, -0.15) is 0 Å². The average Bonchev–Trinajstić information content (AvgIpc) is 3.36. The molecule has 1 heterocycles. The van der Waals surface area contributed by atoms with Crippen LogP contribution in [0.5, 0.6) is 0 Å². The summed E-state index contributed by atoms with van der Waals surface area (Å²) >= 11 is 1.34. The van der Waals surface area contributed by atoms with Crippen molar-refractivity contribution in [3.05, 3.63) is 29.8 Å². The van der Waals surface area contributed by atoms with Crippen molar-refractivity contribution in [1.82, 2.24) is 25.4 Å². The lowest BCUT2D eigenvalue weighted by Gasteiger charge is -2.20. The van der Waals surface area contributed by atoms with E-state index in [1.165, 1.54) is 37.2 Å². The summed E-state index contributed by atoms with van der Waals surface area (Å²) < 4.78 is 2.19. The van der Waals surface area contributed by atoms with Gasteiger partial charge >= 0.3 is 6.03 Å². The molecule has 2 aromatic rings. The van der Waals surface area contributed by atoms with Crippen molar-refractivity contribution in [3.8, 4) is 11.4 Å². The Balaban J connectivity index is 1.89. The Morgan fingerprint density at radius 1 is 1.13 bits per heavy atom. The van der Waals surface area contributed by atoms with Gasteiger partial charge in [0, 0.05) is 18.7 Å². The Labute approximate surface area is 182 Å². The van der Waals surface area contributed by atoms with Gasteiger partial charge in [0.25, 0.3) is 0 Å². The number of nitrogens with zero attached hydrogens (tertiary/aromatic N) is 3. The molecule has 0 spiro atoms. The number of benzene rings is 1. The molecule has 7 nitrogen and oxygen atoms in total. The van der Waals surface area contributed by atoms with Gasteiger partial charge in [-0.15, -0.1) is 10.2 Å². The minimum Gasteiger partial charge on any atom is -0.341 e. The first-order valence-electron chi connectivity index (χ1n) is 10.5. The highest BCUT2D eigenvalue weighted by atomic mass is 32.2. The molecule has 1 fully saturated rings. The molecule has 0 unspecified atom stereocenters. The van der Waals surface area contributed by atoms with Crippen molar-refractivity contribution in [1.29, 1.82) is 0 Å². The molecule has 0 bridgehead atoms. The molecule has 1 aromatic carbocycles. The van der Waals surface area contributed by atoms with Crippen LogP contribution < -0.4 is 10.6 Å². The minimum atomic E-state index is -0.510. The lowest BCUT2D eigenvalue weighted by Crippen LogP contribution is -2.41. The molecule has 1 atom stereocenters. The molecule has 0 aliphatic heterocycles. The molecule has 30 heavy (non-hydrogen) atoms. The van der Waals surface area contributed by atoms with Crippen LogP contribution in [0.2, 0.25) is 0 Å². The first-order chi connectivity index (χ1) is 14.2. The summed E-state index contributed by atoms with van der Waals surface area (Å²) in [5.74, 6) is 0.486. The van der Waals surface area contributed by atoms with Crippen LogP contribution in [-0.2, 0) is 10.2 Å². The number of imide groups is 1. The molecule has 2 N–H and O–H groups in total. The molecule has 0 saturated heterocycles. The van der Waals surface area contributed by atoms with Crippen molar-refractivity contribution >= 4 is 23.7 Å². The van der Waals surface area contributed by atoms with Crippen molar-refractivity contribution in [2.75, 3.05) is 7.05 Å². The highest BCUT2D eigenvalue weighted by Gasteiger charge is 2.27. The number of amides is 3. The first kappa shape index (κ1) is 22.3. The van der Waals surface area contributed by atoms with Gasteiger partial charge in [0.05, 0.1) is 5.25 Å². The lowest BCUT2D eigenvalue weighted by atomic mass is 9.86. The lowest BCUT2D eigenvalue weighted by molar-refractivity contribution is -0.119. The zero-order valence-corrected chi connectivity index (χ0v) is 19.2. The second kappa shape index (κ2) is 9.20. The second-order valence-corrected chi connectivity index (χ2v) is 10.1. The standard InChI is InChI=1S/C22H31N5O2S/c1-14(19(28)24-20(29)23-5)30-21-26-25-18(27(21)17-8-6-7-9-17)15-10-12-16(13-11-15)22(2,3)4/h10-14,17H,6-9H2,1-5H3,(H2,23,24,28,29)/t14-/m0/s1. The molecule has 1 aromatic heterocycles. The molecule has 0 radical (unpaired) electrons. The van der Waals surface area contributed by atoms with Gasteiger partial charge in [-0.3, -0.25) is 14.7 Å². The van der Waals surface area contributed by atoms with Crippen LogP contribution in [0, 0.1) is 0 Å². The number of hydrogen-bond acceptors (Lipinski definition) is 5. The Hall–Kier alpha value is -2.35. The van der Waals surface area contributed by atoms with Crippen molar-refractivity contribution < 1.29 is 9.59 Å². The minimum absolute atomic E-state index is 0.0895. The molecule has 1 saturated carbocycles. The monoisotopic (exact) mass is 429 g/mol. The Morgan fingerprint density at radius 3 is 2.33 bits per heavy atom. The number of urea groups is 1. The predicted octanol–water partition coefficient (Wildman–Crippen LogP) is 4.29. The Kier molecular flexibility index (Phi) is 6.85. The maximum absolute atomic E-state index is 12.3. The predicted molar refractivity (Wildman–Crippen MR) is 120 cm³/mol. The molecular formula is C22H31N5O2S. The van der Waals surface area contributed by atoms with Gasteiger partial charge in [-0.1, -0.05) is 69.6 Å². The summed E-state index contributed by atoms with van der Waals surface area (Å²) in [6, 6.07) is 8.32. The summed E-state index contributed by atoms with van der Waals surface area (Å²) in [5, 5.41) is 13.9. The fourth-order valence-electron chi connectivity index (χ4n) is 3.65. The summed E-state index contributed by atoms with van der Waals surface area (Å²) in [6.07, 6.45) is 4.53. The van der Waals surface area contributed by atoms with E-state index in [-0.39, 0.29) is 11.3 Å². The van der Waals surface area contributed by atoms with E-state index in [9.17, 15) is 9.59 Å². The highest BCUT2D eigenvalue weighted by molar-refractivity contribution is 8.00. The number of nitrogens with one attached hydrogen (secondary N) is 2.